The summed E-state index contributed by atoms with van der Waals surface area (Å²) in [6.45, 7) is 3.47. The van der Waals surface area contributed by atoms with E-state index in [1.807, 2.05) is 6.07 Å². The lowest BCUT2D eigenvalue weighted by atomic mass is 10.0. The molecule has 6 nitrogen and oxygen atoms in total. The van der Waals surface area contributed by atoms with E-state index in [-0.39, 0.29) is 58.1 Å². The van der Waals surface area contributed by atoms with E-state index >= 15 is 0 Å². The zero-order valence-electron chi connectivity index (χ0n) is 14.8. The zero-order chi connectivity index (χ0) is 19.7. The summed E-state index contributed by atoms with van der Waals surface area (Å²) in [5.41, 5.74) is 6.84. The average molecular weight is 388 g/mol. The maximum atomic E-state index is 14.1. The zero-order valence-corrected chi connectivity index (χ0v) is 15.6. The Morgan fingerprint density at radius 1 is 1.48 bits per heavy atom. The highest BCUT2D eigenvalue weighted by Crippen LogP contribution is 2.40. The van der Waals surface area contributed by atoms with Crippen molar-refractivity contribution in [3.8, 4) is 11.8 Å². The predicted molar refractivity (Wildman–Crippen MR) is 97.5 cm³/mol. The molecule has 2 N–H and O–H groups in total. The van der Waals surface area contributed by atoms with Crippen molar-refractivity contribution in [1.29, 1.82) is 5.26 Å². The minimum atomic E-state index is -0.594. The van der Waals surface area contributed by atoms with Gasteiger partial charge >= 0.3 is 5.97 Å². The van der Waals surface area contributed by atoms with Crippen LogP contribution in [0.1, 0.15) is 62.9 Å². The van der Waals surface area contributed by atoms with Crippen LogP contribution in [0.15, 0.2) is 12.1 Å². The number of hydrogen-bond donors (Lipinski definition) is 1. The number of ether oxygens (including phenoxy) is 2. The minimum Gasteiger partial charge on any atom is -0.488 e. The molecule has 1 aromatic carbocycles. The van der Waals surface area contributed by atoms with Crippen LogP contribution in [0.25, 0.3) is 0 Å². The second-order valence-corrected chi connectivity index (χ2v) is 7.18. The predicted octanol–water partition coefficient (Wildman–Crippen LogP) is 3.79. The van der Waals surface area contributed by atoms with Crippen LogP contribution in [0.5, 0.6) is 5.75 Å². The van der Waals surface area contributed by atoms with E-state index in [0.717, 1.165) is 11.3 Å². The Kier molecular flexibility index (Phi) is 5.15. The van der Waals surface area contributed by atoms with Crippen LogP contribution in [-0.4, -0.2) is 18.4 Å². The monoisotopic (exact) mass is 388 g/mol. The number of halogens is 1. The van der Waals surface area contributed by atoms with E-state index in [1.54, 1.807) is 13.8 Å². The van der Waals surface area contributed by atoms with Crippen molar-refractivity contribution in [2.45, 2.75) is 32.8 Å². The molecule has 1 heterocycles. The minimum absolute atomic E-state index is 0.140. The molecule has 1 aromatic heterocycles. The van der Waals surface area contributed by atoms with E-state index < -0.39 is 11.8 Å². The molecular weight excluding hydrogens is 371 g/mol. The lowest BCUT2D eigenvalue weighted by molar-refractivity contribution is 0.0529. The quantitative estimate of drug-likeness (QED) is 0.782. The molecule has 3 rings (SSSR count). The first-order valence-electron chi connectivity index (χ1n) is 8.35. The molecule has 1 aliphatic rings. The third-order valence-corrected chi connectivity index (χ3v) is 5.44. The first-order valence-corrected chi connectivity index (χ1v) is 9.17. The SMILES string of the molecule is CCOC(=O)c1sc(N)c(C#N)c1COc1ccc(F)c2c1C(=O)CC2C. The van der Waals surface area contributed by atoms with Crippen LogP contribution in [0.3, 0.4) is 0 Å². The molecule has 27 heavy (non-hydrogen) atoms. The Hall–Kier alpha value is -2.92. The highest BCUT2D eigenvalue weighted by molar-refractivity contribution is 7.18. The molecule has 1 atom stereocenters. The van der Waals surface area contributed by atoms with Gasteiger partial charge < -0.3 is 15.2 Å². The number of carbonyl (C=O) groups excluding carboxylic acids is 2. The number of carbonyl (C=O) groups is 2. The molecule has 2 aromatic rings. The summed E-state index contributed by atoms with van der Waals surface area (Å²) in [7, 11) is 0. The molecule has 140 valence electrons. The summed E-state index contributed by atoms with van der Waals surface area (Å²) < 4.78 is 24.8. The molecular formula is C19H17FN2O4S. The number of thiophene rings is 1. The summed E-state index contributed by atoms with van der Waals surface area (Å²) in [6, 6.07) is 4.60. The smallest absolute Gasteiger partial charge is 0.348 e. The summed E-state index contributed by atoms with van der Waals surface area (Å²) in [5, 5.41) is 9.54. The van der Waals surface area contributed by atoms with E-state index in [4.69, 9.17) is 15.2 Å². The summed E-state index contributed by atoms with van der Waals surface area (Å²) in [5.74, 6) is -1.23. The fourth-order valence-corrected chi connectivity index (χ4v) is 4.12. The molecule has 0 saturated heterocycles. The Morgan fingerprint density at radius 2 is 2.22 bits per heavy atom. The largest absolute Gasteiger partial charge is 0.488 e. The summed E-state index contributed by atoms with van der Waals surface area (Å²) in [4.78, 5) is 24.6. The standard InChI is InChI=1S/C19H17FN2O4S/c1-3-25-19(24)17-11(10(7-21)18(22)27-17)8-26-14-5-4-12(20)15-9(2)6-13(23)16(14)15/h4-5,9H,3,6,8,22H2,1-2H3. The number of Topliss-reactive ketones (excluding diaryl/α,β-unsaturated/α-hetero) is 1. The fourth-order valence-electron chi connectivity index (χ4n) is 3.20. The van der Waals surface area contributed by atoms with Crippen molar-refractivity contribution in [2.24, 2.45) is 0 Å². The first kappa shape index (κ1) is 18.9. The summed E-state index contributed by atoms with van der Waals surface area (Å²) >= 11 is 0.951. The van der Waals surface area contributed by atoms with Gasteiger partial charge in [-0.25, -0.2) is 9.18 Å². The Bertz CT molecular complexity index is 977. The average Bonchev–Trinajstić information content (AvgIpc) is 3.11. The fraction of sp³-hybridized carbons (Fsp3) is 0.316. The van der Waals surface area contributed by atoms with Crippen LogP contribution < -0.4 is 10.5 Å². The lowest BCUT2D eigenvalue weighted by Gasteiger charge is -2.12. The van der Waals surface area contributed by atoms with Gasteiger partial charge in [0.25, 0.3) is 0 Å². The highest BCUT2D eigenvalue weighted by atomic mass is 32.1. The number of benzene rings is 1. The van der Waals surface area contributed by atoms with E-state index in [2.05, 4.69) is 0 Å². The molecule has 1 aliphatic carbocycles. The van der Waals surface area contributed by atoms with Crippen molar-refractivity contribution in [3.05, 3.63) is 45.1 Å². The van der Waals surface area contributed by atoms with Gasteiger partial charge in [-0.2, -0.15) is 5.26 Å². The normalized spacial score (nSPS) is 15.3. The maximum absolute atomic E-state index is 14.1. The lowest BCUT2D eigenvalue weighted by Crippen LogP contribution is -2.09. The Morgan fingerprint density at radius 3 is 2.89 bits per heavy atom. The van der Waals surface area contributed by atoms with Gasteiger partial charge in [0.1, 0.15) is 34.1 Å². The molecule has 0 amide bonds. The second kappa shape index (κ2) is 7.37. The van der Waals surface area contributed by atoms with E-state index in [0.29, 0.717) is 11.1 Å². The van der Waals surface area contributed by atoms with Gasteiger partial charge in [0.15, 0.2) is 5.78 Å². The van der Waals surface area contributed by atoms with Gasteiger partial charge in [0.05, 0.1) is 17.7 Å². The van der Waals surface area contributed by atoms with Gasteiger partial charge in [-0.15, -0.1) is 11.3 Å². The number of nitrogens with zero attached hydrogens (tertiary/aromatic N) is 1. The number of hydrogen-bond acceptors (Lipinski definition) is 7. The molecule has 0 saturated carbocycles. The van der Waals surface area contributed by atoms with Gasteiger partial charge in [0.2, 0.25) is 0 Å². The number of esters is 1. The van der Waals surface area contributed by atoms with Crippen LogP contribution in [0.4, 0.5) is 9.39 Å². The van der Waals surface area contributed by atoms with Crippen LogP contribution in [0.2, 0.25) is 0 Å². The van der Waals surface area contributed by atoms with Gasteiger partial charge in [0, 0.05) is 17.5 Å². The van der Waals surface area contributed by atoms with Crippen molar-refractivity contribution < 1.29 is 23.5 Å². The number of nitriles is 1. The van der Waals surface area contributed by atoms with E-state index in [9.17, 15) is 19.2 Å². The molecule has 8 heteroatoms. The Balaban J connectivity index is 1.96. The van der Waals surface area contributed by atoms with Crippen molar-refractivity contribution in [2.75, 3.05) is 12.3 Å². The van der Waals surface area contributed by atoms with Gasteiger partial charge in [-0.1, -0.05) is 6.92 Å². The molecule has 1 unspecified atom stereocenters. The topological polar surface area (TPSA) is 102 Å². The van der Waals surface area contributed by atoms with Gasteiger partial charge in [-0.3, -0.25) is 4.79 Å². The molecule has 0 radical (unpaired) electrons. The molecule has 0 aliphatic heterocycles. The van der Waals surface area contributed by atoms with Crippen molar-refractivity contribution >= 4 is 28.1 Å². The Labute approximate surface area is 159 Å². The number of anilines is 1. The first-order chi connectivity index (χ1) is 12.9. The van der Waals surface area contributed by atoms with E-state index in [1.165, 1.54) is 12.1 Å². The number of nitrogen functional groups attached to an aromatic ring is 1. The third-order valence-electron chi connectivity index (χ3n) is 4.40. The van der Waals surface area contributed by atoms with Gasteiger partial charge in [-0.05, 0) is 25.0 Å². The number of fused-ring (bicyclic) bond motifs is 1. The highest BCUT2D eigenvalue weighted by Gasteiger charge is 2.33. The third kappa shape index (κ3) is 3.26. The second-order valence-electron chi connectivity index (χ2n) is 6.13. The molecule has 0 spiro atoms. The van der Waals surface area contributed by atoms with Crippen molar-refractivity contribution in [1.82, 2.24) is 0 Å². The van der Waals surface area contributed by atoms with Crippen LogP contribution in [0, 0.1) is 17.1 Å². The molecule has 0 bridgehead atoms. The summed E-state index contributed by atoms with van der Waals surface area (Å²) in [6.07, 6.45) is 0.218. The van der Waals surface area contributed by atoms with Crippen LogP contribution in [-0.2, 0) is 11.3 Å². The maximum Gasteiger partial charge on any atom is 0.348 e. The number of ketones is 1. The van der Waals surface area contributed by atoms with Crippen LogP contribution >= 0.6 is 11.3 Å². The molecule has 0 fully saturated rings. The van der Waals surface area contributed by atoms with Crippen molar-refractivity contribution in [3.63, 3.8) is 0 Å². The number of rotatable bonds is 5. The number of nitrogens with two attached hydrogens (primary N) is 1.